The summed E-state index contributed by atoms with van der Waals surface area (Å²) >= 11 is 3.38. The van der Waals surface area contributed by atoms with Crippen molar-refractivity contribution in [1.82, 2.24) is 0 Å². The SMILES string of the molecule is Cc1cc(Br)ccc1NC(=O)c1ccc(CS(C)(=O)=O)cc1. The van der Waals surface area contributed by atoms with E-state index >= 15 is 0 Å². The summed E-state index contributed by atoms with van der Waals surface area (Å²) in [5, 5.41) is 2.84. The van der Waals surface area contributed by atoms with Gasteiger partial charge in [0.2, 0.25) is 0 Å². The topological polar surface area (TPSA) is 63.2 Å². The van der Waals surface area contributed by atoms with E-state index in [1.165, 1.54) is 6.26 Å². The summed E-state index contributed by atoms with van der Waals surface area (Å²) in [5.74, 6) is -0.253. The molecule has 0 saturated heterocycles. The number of aryl methyl sites for hydroxylation is 1. The summed E-state index contributed by atoms with van der Waals surface area (Å²) in [6.45, 7) is 1.91. The molecule has 0 aliphatic rings. The predicted octanol–water partition coefficient (Wildman–Crippen LogP) is 3.55. The lowest BCUT2D eigenvalue weighted by Gasteiger charge is -2.09. The van der Waals surface area contributed by atoms with Crippen LogP contribution in [-0.2, 0) is 15.6 Å². The highest BCUT2D eigenvalue weighted by molar-refractivity contribution is 9.10. The first-order valence-corrected chi connectivity index (χ1v) is 9.44. The Labute approximate surface area is 138 Å². The van der Waals surface area contributed by atoms with E-state index in [0.29, 0.717) is 11.1 Å². The fraction of sp³-hybridized carbons (Fsp3) is 0.188. The zero-order valence-electron chi connectivity index (χ0n) is 12.3. The van der Waals surface area contributed by atoms with Crippen molar-refractivity contribution in [3.63, 3.8) is 0 Å². The third-order valence-electron chi connectivity index (χ3n) is 3.08. The van der Waals surface area contributed by atoms with Crippen molar-refractivity contribution in [2.75, 3.05) is 11.6 Å². The lowest BCUT2D eigenvalue weighted by atomic mass is 10.1. The van der Waals surface area contributed by atoms with Crippen molar-refractivity contribution < 1.29 is 13.2 Å². The van der Waals surface area contributed by atoms with E-state index in [4.69, 9.17) is 0 Å². The fourth-order valence-corrected chi connectivity index (χ4v) is 3.29. The Kier molecular flexibility index (Phi) is 5.03. The summed E-state index contributed by atoms with van der Waals surface area (Å²) in [7, 11) is -3.07. The second kappa shape index (κ2) is 6.62. The lowest BCUT2D eigenvalue weighted by Crippen LogP contribution is -2.13. The van der Waals surface area contributed by atoms with Crippen LogP contribution in [0.3, 0.4) is 0 Å². The summed E-state index contributed by atoms with van der Waals surface area (Å²) in [6.07, 6.45) is 1.18. The van der Waals surface area contributed by atoms with Gasteiger partial charge >= 0.3 is 0 Å². The number of amides is 1. The van der Waals surface area contributed by atoms with Crippen molar-refractivity contribution >= 4 is 37.4 Å². The van der Waals surface area contributed by atoms with E-state index in [-0.39, 0.29) is 11.7 Å². The molecule has 0 unspecified atom stereocenters. The van der Waals surface area contributed by atoms with Gasteiger partial charge < -0.3 is 5.32 Å². The number of halogens is 1. The molecule has 0 aliphatic carbocycles. The number of anilines is 1. The van der Waals surface area contributed by atoms with Crippen LogP contribution in [0, 0.1) is 6.92 Å². The van der Waals surface area contributed by atoms with Crippen molar-refractivity contribution in [2.45, 2.75) is 12.7 Å². The van der Waals surface area contributed by atoms with E-state index in [1.54, 1.807) is 24.3 Å². The lowest BCUT2D eigenvalue weighted by molar-refractivity contribution is 0.102. The molecule has 1 amide bonds. The molecule has 0 saturated carbocycles. The van der Waals surface area contributed by atoms with Crippen LogP contribution in [0.1, 0.15) is 21.5 Å². The highest BCUT2D eigenvalue weighted by atomic mass is 79.9. The quantitative estimate of drug-likeness (QED) is 0.880. The first-order chi connectivity index (χ1) is 10.2. The van der Waals surface area contributed by atoms with Gasteiger partial charge in [0.25, 0.3) is 5.91 Å². The molecular formula is C16H16BrNO3S. The summed E-state index contributed by atoms with van der Waals surface area (Å²) in [5.41, 5.74) is 2.85. The average molecular weight is 382 g/mol. The molecule has 0 fully saturated rings. The average Bonchev–Trinajstić information content (AvgIpc) is 2.41. The van der Waals surface area contributed by atoms with Gasteiger partial charge in [0, 0.05) is 22.0 Å². The Morgan fingerprint density at radius 3 is 2.32 bits per heavy atom. The number of sulfone groups is 1. The smallest absolute Gasteiger partial charge is 0.255 e. The molecular weight excluding hydrogens is 366 g/mol. The van der Waals surface area contributed by atoms with Gasteiger partial charge in [-0.25, -0.2) is 8.42 Å². The molecule has 0 spiro atoms. The minimum absolute atomic E-state index is 0.0271. The molecule has 0 atom stereocenters. The first-order valence-electron chi connectivity index (χ1n) is 6.59. The zero-order chi connectivity index (χ0) is 16.3. The molecule has 1 N–H and O–H groups in total. The highest BCUT2D eigenvalue weighted by Gasteiger charge is 2.09. The number of carbonyl (C=O) groups excluding carboxylic acids is 1. The Balaban J connectivity index is 2.13. The van der Waals surface area contributed by atoms with Crippen LogP contribution < -0.4 is 5.32 Å². The van der Waals surface area contributed by atoms with E-state index in [0.717, 1.165) is 15.7 Å². The molecule has 0 aliphatic heterocycles. The van der Waals surface area contributed by atoms with Crippen molar-refractivity contribution in [3.05, 3.63) is 63.6 Å². The normalized spacial score (nSPS) is 11.2. The van der Waals surface area contributed by atoms with Crippen LogP contribution in [0.2, 0.25) is 0 Å². The second-order valence-corrected chi connectivity index (χ2v) is 8.24. The number of carbonyl (C=O) groups is 1. The Hall–Kier alpha value is -1.66. The zero-order valence-corrected chi connectivity index (χ0v) is 14.7. The molecule has 22 heavy (non-hydrogen) atoms. The van der Waals surface area contributed by atoms with Crippen LogP contribution in [0.4, 0.5) is 5.69 Å². The molecule has 2 rings (SSSR count). The second-order valence-electron chi connectivity index (χ2n) is 5.18. The molecule has 2 aromatic carbocycles. The summed E-state index contributed by atoms with van der Waals surface area (Å²) in [4.78, 5) is 12.2. The third-order valence-corrected chi connectivity index (χ3v) is 4.43. The van der Waals surface area contributed by atoms with Crippen LogP contribution in [0.15, 0.2) is 46.9 Å². The van der Waals surface area contributed by atoms with E-state index < -0.39 is 9.84 Å². The van der Waals surface area contributed by atoms with Crippen LogP contribution in [0.25, 0.3) is 0 Å². The standard InChI is InChI=1S/C16H16BrNO3S/c1-11-9-14(17)7-8-15(11)18-16(19)13-5-3-12(4-6-13)10-22(2,20)21/h3-9H,10H2,1-2H3,(H,18,19). The van der Waals surface area contributed by atoms with Gasteiger partial charge in [0.05, 0.1) is 5.75 Å². The minimum atomic E-state index is -3.07. The Bertz CT molecular complexity index is 799. The number of hydrogen-bond acceptors (Lipinski definition) is 3. The van der Waals surface area contributed by atoms with Gasteiger partial charge in [-0.05, 0) is 48.4 Å². The van der Waals surface area contributed by atoms with Crippen molar-refractivity contribution in [3.8, 4) is 0 Å². The number of hydrogen-bond donors (Lipinski definition) is 1. The predicted molar refractivity (Wildman–Crippen MR) is 91.8 cm³/mol. The maximum absolute atomic E-state index is 12.2. The van der Waals surface area contributed by atoms with Gasteiger partial charge in [-0.3, -0.25) is 4.79 Å². The highest BCUT2D eigenvalue weighted by Crippen LogP contribution is 2.20. The molecule has 6 heteroatoms. The fourth-order valence-electron chi connectivity index (χ4n) is 2.02. The Morgan fingerprint density at radius 1 is 1.14 bits per heavy atom. The van der Waals surface area contributed by atoms with E-state index in [1.807, 2.05) is 25.1 Å². The van der Waals surface area contributed by atoms with Crippen LogP contribution in [-0.4, -0.2) is 20.6 Å². The third kappa shape index (κ3) is 4.68. The van der Waals surface area contributed by atoms with Crippen molar-refractivity contribution in [1.29, 1.82) is 0 Å². The number of nitrogens with one attached hydrogen (secondary N) is 1. The van der Waals surface area contributed by atoms with Gasteiger partial charge in [-0.2, -0.15) is 0 Å². The van der Waals surface area contributed by atoms with Gasteiger partial charge in [0.15, 0.2) is 9.84 Å². The molecule has 2 aromatic rings. The Morgan fingerprint density at radius 2 is 1.77 bits per heavy atom. The largest absolute Gasteiger partial charge is 0.322 e. The van der Waals surface area contributed by atoms with Gasteiger partial charge in [0.1, 0.15) is 0 Å². The molecule has 0 radical (unpaired) electrons. The van der Waals surface area contributed by atoms with E-state index in [2.05, 4.69) is 21.2 Å². The molecule has 0 heterocycles. The summed E-state index contributed by atoms with van der Waals surface area (Å²) in [6, 6.07) is 12.2. The number of benzene rings is 2. The summed E-state index contributed by atoms with van der Waals surface area (Å²) < 4.78 is 23.4. The maximum atomic E-state index is 12.2. The van der Waals surface area contributed by atoms with Gasteiger partial charge in [-0.15, -0.1) is 0 Å². The molecule has 0 bridgehead atoms. The minimum Gasteiger partial charge on any atom is -0.322 e. The molecule has 4 nitrogen and oxygen atoms in total. The maximum Gasteiger partial charge on any atom is 0.255 e. The van der Waals surface area contributed by atoms with Gasteiger partial charge in [-0.1, -0.05) is 28.1 Å². The molecule has 116 valence electrons. The van der Waals surface area contributed by atoms with E-state index in [9.17, 15) is 13.2 Å². The first kappa shape index (κ1) is 16.7. The van der Waals surface area contributed by atoms with Crippen molar-refractivity contribution in [2.24, 2.45) is 0 Å². The number of rotatable bonds is 4. The molecule has 0 aromatic heterocycles. The van der Waals surface area contributed by atoms with Crippen LogP contribution >= 0.6 is 15.9 Å². The monoisotopic (exact) mass is 381 g/mol. The van der Waals surface area contributed by atoms with Crippen LogP contribution in [0.5, 0.6) is 0 Å².